The average molecular weight is 625 g/mol. The van der Waals surface area contributed by atoms with Crippen LogP contribution < -0.4 is 0 Å². The monoisotopic (exact) mass is 624 g/mol. The van der Waals surface area contributed by atoms with E-state index in [4.69, 9.17) is 26.6 Å². The van der Waals surface area contributed by atoms with Gasteiger partial charge in [0.2, 0.25) is 0 Å². The van der Waals surface area contributed by atoms with Crippen molar-refractivity contribution in [3.8, 4) is 0 Å². The van der Waals surface area contributed by atoms with Crippen molar-refractivity contribution in [3.05, 3.63) is 0 Å². The van der Waals surface area contributed by atoms with Crippen LogP contribution in [0.25, 0.3) is 0 Å². The quantitative estimate of drug-likeness (QED) is 0.0670. The molecular formula is C23H44F8O6Si2. The van der Waals surface area contributed by atoms with Crippen molar-refractivity contribution in [2.75, 3.05) is 42.7 Å². The highest BCUT2D eigenvalue weighted by Gasteiger charge is 2.79. The zero-order valence-corrected chi connectivity index (χ0v) is 25.8. The number of rotatable bonds is 23. The lowest BCUT2D eigenvalue weighted by atomic mass is 9.91. The Kier molecular flexibility index (Phi) is 16.2. The maximum absolute atomic E-state index is 14.5. The van der Waals surface area contributed by atoms with Gasteiger partial charge in [-0.1, -0.05) is 39.0 Å². The molecule has 0 fully saturated rings. The van der Waals surface area contributed by atoms with Crippen LogP contribution in [0.5, 0.6) is 0 Å². The molecule has 0 unspecified atom stereocenters. The van der Waals surface area contributed by atoms with E-state index >= 15 is 0 Å². The van der Waals surface area contributed by atoms with E-state index in [1.807, 2.05) is 6.92 Å². The van der Waals surface area contributed by atoms with Gasteiger partial charge in [0.15, 0.2) is 0 Å². The van der Waals surface area contributed by atoms with Crippen LogP contribution in [-0.4, -0.2) is 84.0 Å². The van der Waals surface area contributed by atoms with E-state index in [-0.39, 0.29) is 24.9 Å². The van der Waals surface area contributed by atoms with Crippen molar-refractivity contribution in [2.45, 2.75) is 100 Å². The molecule has 0 rings (SSSR count). The van der Waals surface area contributed by atoms with E-state index in [0.29, 0.717) is 12.8 Å². The van der Waals surface area contributed by atoms with Crippen LogP contribution in [0.15, 0.2) is 0 Å². The molecule has 39 heavy (non-hydrogen) atoms. The lowest BCUT2D eigenvalue weighted by Gasteiger charge is -2.37. The first-order chi connectivity index (χ1) is 18.0. The van der Waals surface area contributed by atoms with Gasteiger partial charge in [0, 0.05) is 67.6 Å². The van der Waals surface area contributed by atoms with Gasteiger partial charge >= 0.3 is 41.3 Å². The van der Waals surface area contributed by atoms with E-state index in [1.165, 1.54) is 42.7 Å². The van der Waals surface area contributed by atoms with Crippen molar-refractivity contribution in [3.63, 3.8) is 0 Å². The van der Waals surface area contributed by atoms with Crippen LogP contribution in [0.2, 0.25) is 12.1 Å². The van der Waals surface area contributed by atoms with Gasteiger partial charge in [-0.15, -0.1) is 0 Å². The molecule has 0 atom stereocenters. The van der Waals surface area contributed by atoms with E-state index < -0.39 is 72.9 Å². The molecule has 16 heteroatoms. The summed E-state index contributed by atoms with van der Waals surface area (Å²) in [6, 6.07) is 0.0190. The van der Waals surface area contributed by atoms with Crippen LogP contribution in [-0.2, 0) is 26.6 Å². The minimum Gasteiger partial charge on any atom is -0.377 e. The van der Waals surface area contributed by atoms with Gasteiger partial charge < -0.3 is 26.6 Å². The predicted octanol–water partition coefficient (Wildman–Crippen LogP) is 7.43. The first-order valence-electron chi connectivity index (χ1n) is 12.8. The van der Waals surface area contributed by atoms with Gasteiger partial charge in [0.25, 0.3) is 0 Å². The molecule has 0 aliphatic rings. The third kappa shape index (κ3) is 9.86. The second kappa shape index (κ2) is 16.3. The zero-order valence-electron chi connectivity index (χ0n) is 23.8. The maximum atomic E-state index is 14.5. The van der Waals surface area contributed by atoms with Gasteiger partial charge in [0.1, 0.15) is 0 Å². The van der Waals surface area contributed by atoms with Crippen LogP contribution >= 0.6 is 0 Å². The van der Waals surface area contributed by atoms with Gasteiger partial charge in [0.05, 0.1) is 0 Å². The molecule has 0 radical (unpaired) electrons. The van der Waals surface area contributed by atoms with Crippen molar-refractivity contribution < 1.29 is 61.7 Å². The summed E-state index contributed by atoms with van der Waals surface area (Å²) in [5.74, 6) is -23.9. The summed E-state index contributed by atoms with van der Waals surface area (Å²) in [5.41, 5.74) is 0. The molecule has 0 saturated heterocycles. The molecule has 6 nitrogen and oxygen atoms in total. The summed E-state index contributed by atoms with van der Waals surface area (Å²) < 4.78 is 147. The normalized spacial score (nSPS) is 14.5. The SMILES string of the molecule is CCCCCCCC(F)(F)C(F)(F)C(F)(F)C(F)(F)CCCC(C[Si](OC)(OC)OC)C[Si](OC)(OC)OC. The molecule has 0 spiro atoms. The van der Waals surface area contributed by atoms with Crippen LogP contribution in [0.4, 0.5) is 35.1 Å². The van der Waals surface area contributed by atoms with Crippen molar-refractivity contribution in [2.24, 2.45) is 5.92 Å². The summed E-state index contributed by atoms with van der Waals surface area (Å²) in [4.78, 5) is 0. The summed E-state index contributed by atoms with van der Waals surface area (Å²) in [6.45, 7) is 1.84. The number of hydrogen-bond donors (Lipinski definition) is 0. The van der Waals surface area contributed by atoms with Crippen molar-refractivity contribution >= 4 is 17.6 Å². The van der Waals surface area contributed by atoms with Crippen molar-refractivity contribution in [1.82, 2.24) is 0 Å². The Morgan fingerprint density at radius 3 is 1.18 bits per heavy atom. The Balaban J connectivity index is 5.70. The molecule has 0 saturated carbocycles. The lowest BCUT2D eigenvalue weighted by Crippen LogP contribution is -2.62. The Hall–Kier alpha value is -0.366. The third-order valence-electron chi connectivity index (χ3n) is 6.95. The number of hydrogen-bond acceptors (Lipinski definition) is 6. The number of unbranched alkanes of at least 4 members (excludes halogenated alkanes) is 4. The largest absolute Gasteiger partial charge is 0.500 e. The van der Waals surface area contributed by atoms with Crippen LogP contribution in [0.1, 0.15) is 64.7 Å². The smallest absolute Gasteiger partial charge is 0.377 e. The van der Waals surface area contributed by atoms with Crippen LogP contribution in [0.3, 0.4) is 0 Å². The second-order valence-electron chi connectivity index (χ2n) is 9.48. The fourth-order valence-electron chi connectivity index (χ4n) is 4.32. The highest BCUT2D eigenvalue weighted by Crippen LogP contribution is 2.55. The van der Waals surface area contributed by atoms with Gasteiger partial charge in [-0.2, -0.15) is 35.1 Å². The van der Waals surface area contributed by atoms with E-state index in [9.17, 15) is 35.1 Å². The van der Waals surface area contributed by atoms with Crippen LogP contribution in [0, 0.1) is 5.92 Å². The third-order valence-corrected chi connectivity index (χ3v) is 12.8. The molecule has 0 aliphatic carbocycles. The topological polar surface area (TPSA) is 55.4 Å². The molecule has 0 aromatic heterocycles. The first-order valence-corrected chi connectivity index (χ1v) is 16.6. The number of halogens is 8. The molecule has 0 aromatic rings. The van der Waals surface area contributed by atoms with Gasteiger partial charge in [-0.05, 0) is 18.8 Å². The second-order valence-corrected chi connectivity index (χ2v) is 15.5. The van der Waals surface area contributed by atoms with E-state index in [1.54, 1.807) is 0 Å². The fourth-order valence-corrected chi connectivity index (χ4v) is 8.72. The molecular weight excluding hydrogens is 580 g/mol. The van der Waals surface area contributed by atoms with Gasteiger partial charge in [-0.25, -0.2) is 0 Å². The highest BCUT2D eigenvalue weighted by atomic mass is 28.4. The maximum Gasteiger partial charge on any atom is 0.500 e. The summed E-state index contributed by atoms with van der Waals surface area (Å²) in [7, 11) is 1.21. The highest BCUT2D eigenvalue weighted by molar-refractivity contribution is 6.62. The summed E-state index contributed by atoms with van der Waals surface area (Å²) >= 11 is 0. The Morgan fingerprint density at radius 1 is 0.513 bits per heavy atom. The first kappa shape index (κ1) is 38.6. The molecule has 0 amide bonds. The molecule has 0 heterocycles. The number of alkyl halides is 8. The Labute approximate surface area is 228 Å². The van der Waals surface area contributed by atoms with Gasteiger partial charge in [-0.3, -0.25) is 0 Å². The minimum atomic E-state index is -6.28. The fraction of sp³-hybridized carbons (Fsp3) is 1.00. The lowest BCUT2D eigenvalue weighted by molar-refractivity contribution is -0.368. The minimum absolute atomic E-state index is 0.00948. The predicted molar refractivity (Wildman–Crippen MR) is 134 cm³/mol. The van der Waals surface area contributed by atoms with E-state index in [2.05, 4.69) is 0 Å². The Bertz CT molecular complexity index is 644. The standard InChI is InChI=1S/C23H44F8O6Si2/c1-8-9-10-11-12-15-20(24,25)22(28,29)23(30,31)21(26,27)16-13-14-19(17-38(32-2,33-3)34-4)18-39(35-5,36-6)37-7/h19H,8-18H2,1-7H3. The molecule has 0 bridgehead atoms. The molecule has 0 aliphatic heterocycles. The summed E-state index contributed by atoms with van der Waals surface area (Å²) in [6.07, 6.45) is -2.86. The van der Waals surface area contributed by atoms with Crippen molar-refractivity contribution in [1.29, 1.82) is 0 Å². The summed E-state index contributed by atoms with van der Waals surface area (Å²) in [5, 5.41) is 0. The Morgan fingerprint density at radius 2 is 0.846 bits per heavy atom. The molecule has 236 valence electrons. The zero-order chi connectivity index (χ0) is 30.6. The molecule has 0 aromatic carbocycles. The average Bonchev–Trinajstić information content (AvgIpc) is 2.89. The molecule has 0 N–H and O–H groups in total. The van der Waals surface area contributed by atoms with E-state index in [0.717, 1.165) is 6.42 Å².